The third kappa shape index (κ3) is 5.91. The van der Waals surface area contributed by atoms with Gasteiger partial charge in [-0.1, -0.05) is 0 Å². The predicted octanol–water partition coefficient (Wildman–Crippen LogP) is 2.54. The average Bonchev–Trinajstić information content (AvgIpc) is 2.79. The molecule has 4 heterocycles. The third-order valence-electron chi connectivity index (χ3n) is 6.74. The Morgan fingerprint density at radius 1 is 1.26 bits per heavy atom. The molecule has 2 fully saturated rings. The molecule has 9 heteroatoms. The molecule has 1 N–H and O–H groups in total. The molecule has 1 amide bonds. The summed E-state index contributed by atoms with van der Waals surface area (Å²) in [5.41, 5.74) is 2.85. The average molecular weight is 471 g/mol. The second kappa shape index (κ2) is 10.4. The van der Waals surface area contributed by atoms with Gasteiger partial charge >= 0.3 is 6.09 Å². The Morgan fingerprint density at radius 2 is 2.03 bits per heavy atom. The van der Waals surface area contributed by atoms with Crippen molar-refractivity contribution in [3.8, 4) is 11.9 Å². The van der Waals surface area contributed by atoms with Gasteiger partial charge in [-0.05, 0) is 59.2 Å². The molecule has 0 saturated carbocycles. The summed E-state index contributed by atoms with van der Waals surface area (Å²) in [5, 5.41) is 12.9. The van der Waals surface area contributed by atoms with E-state index in [4.69, 9.17) is 14.5 Å². The topological polar surface area (TPSA) is 94.0 Å². The van der Waals surface area contributed by atoms with Crippen molar-refractivity contribution in [1.29, 1.82) is 5.26 Å². The molecule has 0 aliphatic carbocycles. The van der Waals surface area contributed by atoms with E-state index in [1.54, 1.807) is 4.90 Å². The number of carbonyl (C=O) groups is 1. The normalized spacial score (nSPS) is 22.1. The van der Waals surface area contributed by atoms with Crippen LogP contribution in [0.3, 0.4) is 0 Å². The van der Waals surface area contributed by atoms with E-state index in [1.165, 1.54) is 5.56 Å². The van der Waals surface area contributed by atoms with Crippen LogP contribution in [0.4, 0.5) is 10.5 Å². The first-order valence-electron chi connectivity index (χ1n) is 12.4. The Labute approximate surface area is 203 Å². The molecular weight excluding hydrogens is 432 g/mol. The first-order chi connectivity index (χ1) is 16.2. The van der Waals surface area contributed by atoms with E-state index < -0.39 is 5.60 Å². The van der Waals surface area contributed by atoms with Crippen LogP contribution >= 0.6 is 0 Å². The van der Waals surface area contributed by atoms with E-state index in [-0.39, 0.29) is 24.7 Å². The number of amides is 1. The number of nitrogens with zero attached hydrogens (tertiary/aromatic N) is 5. The van der Waals surface area contributed by atoms with Crippen LogP contribution in [0.15, 0.2) is 6.07 Å². The smallest absolute Gasteiger partial charge is 0.410 e. The van der Waals surface area contributed by atoms with Crippen molar-refractivity contribution in [1.82, 2.24) is 20.1 Å². The lowest BCUT2D eigenvalue weighted by Gasteiger charge is -2.43. The molecule has 34 heavy (non-hydrogen) atoms. The van der Waals surface area contributed by atoms with E-state index in [9.17, 15) is 10.1 Å². The molecular formula is C25H38N6O3. The number of pyridine rings is 1. The van der Waals surface area contributed by atoms with Crippen molar-refractivity contribution in [2.45, 2.75) is 70.7 Å². The molecule has 9 nitrogen and oxygen atoms in total. The number of hydrogen-bond donors (Lipinski definition) is 1. The van der Waals surface area contributed by atoms with Gasteiger partial charge in [-0.25, -0.2) is 9.78 Å². The summed E-state index contributed by atoms with van der Waals surface area (Å²) in [7, 11) is 2.14. The van der Waals surface area contributed by atoms with Gasteiger partial charge < -0.3 is 29.5 Å². The summed E-state index contributed by atoms with van der Waals surface area (Å²) in [6, 6.07) is 4.12. The predicted molar refractivity (Wildman–Crippen MR) is 130 cm³/mol. The van der Waals surface area contributed by atoms with Gasteiger partial charge in [0.1, 0.15) is 11.7 Å². The fraction of sp³-hybridized carbons (Fsp3) is 0.720. The van der Waals surface area contributed by atoms with Crippen molar-refractivity contribution >= 4 is 11.8 Å². The fourth-order valence-electron chi connectivity index (χ4n) is 4.95. The van der Waals surface area contributed by atoms with Gasteiger partial charge in [-0.15, -0.1) is 0 Å². The van der Waals surface area contributed by atoms with E-state index in [0.717, 1.165) is 56.8 Å². The Kier molecular flexibility index (Phi) is 7.48. The molecule has 3 aliphatic rings. The summed E-state index contributed by atoms with van der Waals surface area (Å²) in [4.78, 5) is 24.0. The molecule has 0 radical (unpaired) electrons. The van der Waals surface area contributed by atoms with Gasteiger partial charge in [0.15, 0.2) is 0 Å². The molecule has 1 aromatic heterocycles. The molecule has 1 atom stereocenters. The zero-order chi connectivity index (χ0) is 24.3. The lowest BCUT2D eigenvalue weighted by Crippen LogP contribution is -2.56. The maximum atomic E-state index is 12.8. The number of anilines is 1. The number of ether oxygens (including phenoxy) is 2. The largest absolute Gasteiger partial charge is 0.474 e. The van der Waals surface area contributed by atoms with Gasteiger partial charge in [-0.2, -0.15) is 5.26 Å². The summed E-state index contributed by atoms with van der Waals surface area (Å²) in [6.45, 7) is 11.1. The highest BCUT2D eigenvalue weighted by molar-refractivity contribution is 5.69. The van der Waals surface area contributed by atoms with E-state index >= 15 is 0 Å². The van der Waals surface area contributed by atoms with E-state index in [0.29, 0.717) is 25.5 Å². The minimum atomic E-state index is -0.567. The van der Waals surface area contributed by atoms with Crippen LogP contribution in [0.1, 0.15) is 51.3 Å². The quantitative estimate of drug-likeness (QED) is 0.718. The Morgan fingerprint density at radius 3 is 2.74 bits per heavy atom. The van der Waals surface area contributed by atoms with Gasteiger partial charge in [0, 0.05) is 51.0 Å². The first kappa shape index (κ1) is 24.6. The highest BCUT2D eigenvalue weighted by atomic mass is 16.6. The van der Waals surface area contributed by atoms with Crippen molar-refractivity contribution in [2.75, 3.05) is 51.2 Å². The number of rotatable bonds is 4. The fourth-order valence-corrected chi connectivity index (χ4v) is 4.95. The van der Waals surface area contributed by atoms with E-state index in [1.807, 2.05) is 20.8 Å². The lowest BCUT2D eigenvalue weighted by atomic mass is 10.0. The number of piperidine rings is 1. The Balaban J connectivity index is 1.55. The standard InChI is InChI=1S/C25H38N6O3/c1-25(2,3)34-24(32)31-14-13-30(17-18(31)5-9-26)22-15-23(28-21-16-27-10-6-20(21)22)33-19-7-11-29(4)12-8-19/h15,18-19,27H,5-8,10-14,16-17H2,1-4H3. The van der Waals surface area contributed by atoms with Crippen molar-refractivity contribution in [2.24, 2.45) is 0 Å². The van der Waals surface area contributed by atoms with Gasteiger partial charge in [0.05, 0.1) is 24.2 Å². The summed E-state index contributed by atoms with van der Waals surface area (Å²) in [6.07, 6.45) is 3.01. The molecule has 0 bridgehead atoms. The molecule has 1 unspecified atom stereocenters. The molecule has 0 aromatic carbocycles. The van der Waals surface area contributed by atoms with Crippen molar-refractivity contribution < 1.29 is 14.3 Å². The highest BCUT2D eigenvalue weighted by Gasteiger charge is 2.35. The second-order valence-electron chi connectivity index (χ2n) is 10.6. The van der Waals surface area contributed by atoms with E-state index in [2.05, 4.69) is 34.3 Å². The summed E-state index contributed by atoms with van der Waals surface area (Å²) < 4.78 is 12.0. The maximum Gasteiger partial charge on any atom is 0.410 e. The second-order valence-corrected chi connectivity index (χ2v) is 10.6. The number of aromatic nitrogens is 1. The summed E-state index contributed by atoms with van der Waals surface area (Å²) >= 11 is 0. The number of piperazine rings is 1. The van der Waals surface area contributed by atoms with Crippen LogP contribution in [0.25, 0.3) is 0 Å². The Bertz CT molecular complexity index is 916. The minimum absolute atomic E-state index is 0.182. The first-order valence-corrected chi connectivity index (χ1v) is 12.4. The molecule has 186 valence electrons. The van der Waals surface area contributed by atoms with Crippen molar-refractivity contribution in [3.63, 3.8) is 0 Å². The molecule has 2 saturated heterocycles. The van der Waals surface area contributed by atoms with Crippen LogP contribution in [0, 0.1) is 11.3 Å². The number of nitriles is 1. The Hall–Kier alpha value is -2.57. The van der Waals surface area contributed by atoms with Gasteiger partial charge in [0.25, 0.3) is 0 Å². The van der Waals surface area contributed by atoms with Gasteiger partial charge in [-0.3, -0.25) is 0 Å². The van der Waals surface area contributed by atoms with Crippen LogP contribution < -0.4 is 15.0 Å². The molecule has 4 rings (SSSR count). The van der Waals surface area contributed by atoms with Crippen LogP contribution in [0.5, 0.6) is 5.88 Å². The lowest BCUT2D eigenvalue weighted by molar-refractivity contribution is 0.0145. The van der Waals surface area contributed by atoms with Crippen LogP contribution in [-0.2, 0) is 17.7 Å². The maximum absolute atomic E-state index is 12.8. The number of hydrogen-bond acceptors (Lipinski definition) is 8. The number of nitrogens with one attached hydrogen (secondary N) is 1. The molecule has 0 spiro atoms. The van der Waals surface area contributed by atoms with Crippen LogP contribution in [0.2, 0.25) is 0 Å². The zero-order valence-electron chi connectivity index (χ0n) is 21.0. The van der Waals surface area contributed by atoms with Crippen LogP contribution in [-0.4, -0.2) is 84.9 Å². The SMILES string of the molecule is CN1CCC(Oc2cc(N3CCN(C(=O)OC(C)(C)C)C(CC#N)C3)c3c(n2)CNCC3)CC1. The molecule has 3 aliphatic heterocycles. The molecule has 1 aromatic rings. The van der Waals surface area contributed by atoms with Crippen molar-refractivity contribution in [3.05, 3.63) is 17.3 Å². The minimum Gasteiger partial charge on any atom is -0.474 e. The number of likely N-dealkylation sites (tertiary alicyclic amines) is 1. The number of fused-ring (bicyclic) bond motifs is 1. The van der Waals surface area contributed by atoms with Gasteiger partial charge in [0.2, 0.25) is 5.88 Å². The third-order valence-corrected chi connectivity index (χ3v) is 6.74. The summed E-state index contributed by atoms with van der Waals surface area (Å²) in [5.74, 6) is 0.679. The monoisotopic (exact) mass is 470 g/mol. The zero-order valence-corrected chi connectivity index (χ0v) is 21.0. The highest BCUT2D eigenvalue weighted by Crippen LogP contribution is 2.33. The number of carbonyl (C=O) groups excluding carboxylic acids is 1.